The maximum atomic E-state index is 11.2. The van der Waals surface area contributed by atoms with Crippen molar-refractivity contribution in [3.8, 4) is 0 Å². The van der Waals surface area contributed by atoms with Gasteiger partial charge in [-0.3, -0.25) is 0 Å². The Morgan fingerprint density at radius 3 is 2.57 bits per heavy atom. The number of carbonyl (C=O) groups excluding carboxylic acids is 1. The van der Waals surface area contributed by atoms with Crippen LogP contribution in [0.4, 0.5) is 4.79 Å². The Kier molecular flexibility index (Phi) is 17.0. The summed E-state index contributed by atoms with van der Waals surface area (Å²) in [5, 5.41) is 13.6. The van der Waals surface area contributed by atoms with E-state index in [-0.39, 0.29) is 25.8 Å². The van der Waals surface area contributed by atoms with Crippen LogP contribution in [0.2, 0.25) is 0 Å². The predicted octanol–water partition coefficient (Wildman–Crippen LogP) is 1.56. The summed E-state index contributed by atoms with van der Waals surface area (Å²) in [5.74, 6) is 0. The average Bonchev–Trinajstić information content (AvgIpc) is 2.56. The standard InChI is InChI=1S/C14H29N2O6P/c1-3-9-19-11-5-12-21-23(20-10-4-2)22-13-7-16-14(18)15-6-8-17/h4,17H,2-3,5-13H2,1H3,(H2,15,16,18). The molecular weight excluding hydrogens is 323 g/mol. The van der Waals surface area contributed by atoms with E-state index in [1.165, 1.54) is 0 Å². The number of ether oxygens (including phenoxy) is 1. The van der Waals surface area contributed by atoms with Crippen molar-refractivity contribution in [1.29, 1.82) is 0 Å². The van der Waals surface area contributed by atoms with Crippen LogP contribution in [-0.4, -0.2) is 63.9 Å². The van der Waals surface area contributed by atoms with E-state index in [1.807, 2.05) is 0 Å². The fraction of sp³-hybridized carbons (Fsp3) is 0.786. The largest absolute Gasteiger partial charge is 0.395 e. The molecule has 0 saturated heterocycles. The molecule has 0 heterocycles. The Morgan fingerprint density at radius 2 is 1.87 bits per heavy atom. The fourth-order valence-corrected chi connectivity index (χ4v) is 2.26. The van der Waals surface area contributed by atoms with Crippen LogP contribution in [0.3, 0.4) is 0 Å². The van der Waals surface area contributed by atoms with Crippen molar-refractivity contribution in [2.45, 2.75) is 19.8 Å². The molecule has 136 valence electrons. The highest BCUT2D eigenvalue weighted by molar-refractivity contribution is 7.41. The number of nitrogens with one attached hydrogen (secondary N) is 2. The summed E-state index contributed by atoms with van der Waals surface area (Å²) in [6.45, 7) is 8.55. The van der Waals surface area contributed by atoms with Gasteiger partial charge in [-0.25, -0.2) is 4.79 Å². The van der Waals surface area contributed by atoms with Gasteiger partial charge in [0.25, 0.3) is 0 Å². The Morgan fingerprint density at radius 1 is 1.13 bits per heavy atom. The van der Waals surface area contributed by atoms with Gasteiger partial charge < -0.3 is 34.0 Å². The SMILES string of the molecule is C=CCOP(OCCCOCCC)OCCNC(=O)NCCO. The van der Waals surface area contributed by atoms with Crippen molar-refractivity contribution in [2.24, 2.45) is 0 Å². The number of urea groups is 1. The summed E-state index contributed by atoms with van der Waals surface area (Å²) in [6, 6.07) is -0.354. The quantitative estimate of drug-likeness (QED) is 0.222. The Hall–Kier alpha value is -0.760. The van der Waals surface area contributed by atoms with Crippen molar-refractivity contribution in [3.05, 3.63) is 12.7 Å². The van der Waals surface area contributed by atoms with Crippen molar-refractivity contribution in [3.63, 3.8) is 0 Å². The zero-order chi connectivity index (χ0) is 17.2. The summed E-state index contributed by atoms with van der Waals surface area (Å²) in [4.78, 5) is 11.2. The summed E-state index contributed by atoms with van der Waals surface area (Å²) < 4.78 is 21.7. The molecule has 0 saturated carbocycles. The normalized spacial score (nSPS) is 11.9. The van der Waals surface area contributed by atoms with Gasteiger partial charge in [0, 0.05) is 26.3 Å². The molecule has 0 rings (SSSR count). The first-order chi connectivity index (χ1) is 11.2. The van der Waals surface area contributed by atoms with Gasteiger partial charge in [0.1, 0.15) is 0 Å². The topological polar surface area (TPSA) is 98.3 Å². The summed E-state index contributed by atoms with van der Waals surface area (Å²) in [7, 11) is -1.47. The van der Waals surface area contributed by atoms with Gasteiger partial charge in [-0.15, -0.1) is 6.58 Å². The van der Waals surface area contributed by atoms with Gasteiger partial charge in [-0.1, -0.05) is 13.0 Å². The van der Waals surface area contributed by atoms with Crippen molar-refractivity contribution < 1.29 is 28.2 Å². The first-order valence-electron chi connectivity index (χ1n) is 7.74. The molecule has 0 fully saturated rings. The van der Waals surface area contributed by atoms with Gasteiger partial charge in [-0.2, -0.15) is 0 Å². The predicted molar refractivity (Wildman–Crippen MR) is 89.2 cm³/mol. The molecular formula is C14H29N2O6P. The van der Waals surface area contributed by atoms with Gasteiger partial charge in [0.2, 0.25) is 0 Å². The third-order valence-electron chi connectivity index (χ3n) is 2.26. The zero-order valence-electron chi connectivity index (χ0n) is 13.8. The highest BCUT2D eigenvalue weighted by Crippen LogP contribution is 2.39. The van der Waals surface area contributed by atoms with Gasteiger partial charge in [-0.05, 0) is 12.8 Å². The van der Waals surface area contributed by atoms with E-state index in [4.69, 9.17) is 23.4 Å². The van der Waals surface area contributed by atoms with Crippen LogP contribution >= 0.6 is 8.60 Å². The van der Waals surface area contributed by atoms with Crippen LogP contribution in [0.5, 0.6) is 0 Å². The minimum atomic E-state index is -1.47. The highest BCUT2D eigenvalue weighted by Gasteiger charge is 2.12. The molecule has 23 heavy (non-hydrogen) atoms. The number of aliphatic hydroxyl groups is 1. The molecule has 0 aliphatic carbocycles. The minimum Gasteiger partial charge on any atom is -0.395 e. The second kappa shape index (κ2) is 17.6. The smallest absolute Gasteiger partial charge is 0.333 e. The molecule has 0 aromatic heterocycles. The molecule has 0 aliphatic rings. The van der Waals surface area contributed by atoms with E-state index in [1.54, 1.807) is 6.08 Å². The highest BCUT2D eigenvalue weighted by atomic mass is 31.2. The molecule has 0 radical (unpaired) electrons. The first-order valence-corrected chi connectivity index (χ1v) is 8.84. The van der Waals surface area contributed by atoms with Crippen LogP contribution in [0.25, 0.3) is 0 Å². The number of hydrogen-bond donors (Lipinski definition) is 3. The lowest BCUT2D eigenvalue weighted by Gasteiger charge is -2.16. The molecule has 0 aromatic carbocycles. The number of hydrogen-bond acceptors (Lipinski definition) is 6. The molecule has 1 unspecified atom stereocenters. The molecule has 2 amide bonds. The second-order valence-electron chi connectivity index (χ2n) is 4.35. The minimum absolute atomic E-state index is 0.0968. The van der Waals surface area contributed by atoms with Crippen LogP contribution in [0, 0.1) is 0 Å². The molecule has 9 heteroatoms. The van der Waals surface area contributed by atoms with E-state index in [2.05, 4.69) is 24.1 Å². The third-order valence-corrected chi connectivity index (χ3v) is 3.40. The fourth-order valence-electron chi connectivity index (χ4n) is 1.29. The molecule has 8 nitrogen and oxygen atoms in total. The Balaban J connectivity index is 3.73. The molecule has 0 spiro atoms. The van der Waals surface area contributed by atoms with Crippen molar-refractivity contribution >= 4 is 14.6 Å². The number of amides is 2. The molecule has 3 N–H and O–H groups in total. The van der Waals surface area contributed by atoms with Crippen molar-refractivity contribution in [2.75, 3.05) is 52.7 Å². The average molecular weight is 352 g/mol. The summed E-state index contributed by atoms with van der Waals surface area (Å²) >= 11 is 0. The molecule has 0 aliphatic heterocycles. The Labute approximate surface area is 139 Å². The number of carbonyl (C=O) groups is 1. The second-order valence-corrected chi connectivity index (χ2v) is 5.57. The van der Waals surface area contributed by atoms with E-state index in [0.29, 0.717) is 26.4 Å². The maximum Gasteiger partial charge on any atom is 0.333 e. The lowest BCUT2D eigenvalue weighted by molar-refractivity contribution is 0.110. The maximum absolute atomic E-state index is 11.2. The third kappa shape index (κ3) is 15.9. The summed E-state index contributed by atoms with van der Waals surface area (Å²) in [6.07, 6.45) is 3.38. The molecule has 0 bridgehead atoms. The van der Waals surface area contributed by atoms with E-state index in [0.717, 1.165) is 19.4 Å². The summed E-state index contributed by atoms with van der Waals surface area (Å²) in [5.41, 5.74) is 0. The monoisotopic (exact) mass is 352 g/mol. The van der Waals surface area contributed by atoms with Gasteiger partial charge in [0.15, 0.2) is 0 Å². The van der Waals surface area contributed by atoms with Crippen LogP contribution in [0.15, 0.2) is 12.7 Å². The van der Waals surface area contributed by atoms with E-state index < -0.39 is 8.60 Å². The van der Waals surface area contributed by atoms with Crippen molar-refractivity contribution in [1.82, 2.24) is 10.6 Å². The van der Waals surface area contributed by atoms with E-state index in [9.17, 15) is 4.79 Å². The van der Waals surface area contributed by atoms with Gasteiger partial charge in [0.05, 0.1) is 26.4 Å². The molecule has 1 atom stereocenters. The van der Waals surface area contributed by atoms with Gasteiger partial charge >= 0.3 is 14.6 Å². The molecule has 0 aromatic rings. The lowest BCUT2D eigenvalue weighted by Crippen LogP contribution is -2.38. The van der Waals surface area contributed by atoms with Crippen LogP contribution in [0.1, 0.15) is 19.8 Å². The number of rotatable bonds is 16. The Bertz CT molecular complexity index is 296. The lowest BCUT2D eigenvalue weighted by atomic mass is 10.5. The van der Waals surface area contributed by atoms with Crippen LogP contribution in [-0.2, 0) is 18.3 Å². The van der Waals surface area contributed by atoms with E-state index >= 15 is 0 Å². The first kappa shape index (κ1) is 22.2. The number of aliphatic hydroxyl groups excluding tert-OH is 1. The van der Waals surface area contributed by atoms with Crippen LogP contribution < -0.4 is 10.6 Å². The zero-order valence-corrected chi connectivity index (χ0v) is 14.7.